The Balaban J connectivity index is 1.65. The molecule has 0 saturated carbocycles. The maximum atomic E-state index is 14.5. The molecule has 1 aromatic heterocycles. The minimum Gasteiger partial charge on any atom is -0.368 e. The lowest BCUT2D eigenvalue weighted by atomic mass is 9.89. The third-order valence-electron chi connectivity index (χ3n) is 6.92. The van der Waals surface area contributed by atoms with Crippen molar-refractivity contribution in [3.8, 4) is 0 Å². The molecule has 0 saturated heterocycles. The second-order valence-corrected chi connectivity index (χ2v) is 9.59. The van der Waals surface area contributed by atoms with Gasteiger partial charge < -0.3 is 21.4 Å². The fourth-order valence-corrected chi connectivity index (χ4v) is 5.00. The molecule has 6 N–H and O–H groups in total. The summed E-state index contributed by atoms with van der Waals surface area (Å²) in [4.78, 5) is 46.6. The zero-order chi connectivity index (χ0) is 29.2. The Morgan fingerprint density at radius 1 is 0.951 bits per heavy atom. The number of aromatic amines is 1. The summed E-state index contributed by atoms with van der Waals surface area (Å²) < 4.78 is 0. The number of aromatic nitrogens is 1. The first-order valence-electron chi connectivity index (χ1n) is 13.3. The number of H-pyrrole nitrogens is 1. The first kappa shape index (κ1) is 28.8. The number of nitro groups is 1. The van der Waals surface area contributed by atoms with Crippen LogP contribution >= 0.6 is 0 Å². The summed E-state index contributed by atoms with van der Waals surface area (Å²) in [5, 5.41) is 10.8. The highest BCUT2D eigenvalue weighted by Crippen LogP contribution is 2.29. The van der Waals surface area contributed by atoms with E-state index in [1.807, 2.05) is 91.1 Å². The first-order chi connectivity index (χ1) is 19.8. The molecule has 0 radical (unpaired) electrons. The lowest BCUT2D eigenvalue weighted by Crippen LogP contribution is -2.50. The largest absolute Gasteiger partial charge is 0.368 e. The Morgan fingerprint density at radius 3 is 2.17 bits per heavy atom. The van der Waals surface area contributed by atoms with Crippen molar-refractivity contribution in [2.24, 2.45) is 16.5 Å². The second-order valence-electron chi connectivity index (χ2n) is 9.59. The van der Waals surface area contributed by atoms with Crippen molar-refractivity contribution in [1.82, 2.24) is 15.3 Å². The predicted molar refractivity (Wildman–Crippen MR) is 157 cm³/mol. The molecule has 212 valence electrons. The fraction of sp³-hybridized carbons (Fsp3) is 0.233. The molecule has 4 aromatic rings. The van der Waals surface area contributed by atoms with Gasteiger partial charge in [-0.1, -0.05) is 84.3 Å². The highest BCUT2D eigenvalue weighted by atomic mass is 16.7. The highest BCUT2D eigenvalue weighted by molar-refractivity contribution is 5.92. The lowest BCUT2D eigenvalue weighted by molar-refractivity contribution is -0.525. The van der Waals surface area contributed by atoms with Crippen LogP contribution in [0.15, 0.2) is 96.1 Å². The van der Waals surface area contributed by atoms with Gasteiger partial charge in [-0.25, -0.2) is 15.1 Å². The molecule has 0 aliphatic heterocycles. The number of hydrogen-bond acceptors (Lipinski definition) is 5. The van der Waals surface area contributed by atoms with Crippen molar-refractivity contribution in [2.45, 2.75) is 31.2 Å². The number of benzene rings is 3. The minimum atomic E-state index is -0.928. The van der Waals surface area contributed by atoms with E-state index >= 15 is 0 Å². The maximum Gasteiger partial charge on any atom is 0.251 e. The van der Waals surface area contributed by atoms with Gasteiger partial charge in [0.25, 0.3) is 5.96 Å². The van der Waals surface area contributed by atoms with Crippen LogP contribution in [0.2, 0.25) is 0 Å². The zero-order valence-corrected chi connectivity index (χ0v) is 22.5. The summed E-state index contributed by atoms with van der Waals surface area (Å²) >= 11 is 0. The van der Waals surface area contributed by atoms with Crippen LogP contribution < -0.4 is 16.9 Å². The van der Waals surface area contributed by atoms with Gasteiger partial charge in [0.15, 0.2) is 5.03 Å². The van der Waals surface area contributed by atoms with E-state index in [2.05, 4.69) is 9.98 Å². The van der Waals surface area contributed by atoms with E-state index < -0.39 is 22.9 Å². The summed E-state index contributed by atoms with van der Waals surface area (Å²) in [6.45, 7) is 0.362. The number of aliphatic imine (C=N–C) groups is 1. The molecular weight excluding hydrogens is 522 g/mol. The summed E-state index contributed by atoms with van der Waals surface area (Å²) in [5.41, 5.74) is 16.8. The SMILES string of the molecule is NC(=O)[C@H](CCCN=C(N)N[N+](=O)[O-])N(CCc1c[nH]c2ccccc12)C(=O)C(c1ccccc1)c1ccccc1. The van der Waals surface area contributed by atoms with Crippen molar-refractivity contribution < 1.29 is 14.6 Å². The van der Waals surface area contributed by atoms with Crippen molar-refractivity contribution in [3.05, 3.63) is 118 Å². The van der Waals surface area contributed by atoms with Gasteiger partial charge in [-0.15, -0.1) is 0 Å². The smallest absolute Gasteiger partial charge is 0.251 e. The Labute approximate surface area is 237 Å². The monoisotopic (exact) mass is 555 g/mol. The molecule has 0 spiro atoms. The van der Waals surface area contributed by atoms with Crippen LogP contribution in [-0.4, -0.2) is 51.8 Å². The number of fused-ring (bicyclic) bond motifs is 1. The zero-order valence-electron chi connectivity index (χ0n) is 22.5. The molecule has 0 aliphatic carbocycles. The number of nitrogens with one attached hydrogen (secondary N) is 2. The molecule has 2 amide bonds. The van der Waals surface area contributed by atoms with Crippen LogP contribution in [0, 0.1) is 10.1 Å². The van der Waals surface area contributed by atoms with E-state index in [1.165, 1.54) is 0 Å². The molecule has 0 fully saturated rings. The Hall–Kier alpha value is -5.19. The van der Waals surface area contributed by atoms with Gasteiger partial charge in [0.1, 0.15) is 6.04 Å². The number of carbonyl (C=O) groups excluding carboxylic acids is 2. The lowest BCUT2D eigenvalue weighted by Gasteiger charge is -2.33. The van der Waals surface area contributed by atoms with E-state index in [9.17, 15) is 19.7 Å². The maximum absolute atomic E-state index is 14.5. The van der Waals surface area contributed by atoms with E-state index in [0.29, 0.717) is 12.8 Å². The Morgan fingerprint density at radius 2 is 1.56 bits per heavy atom. The molecule has 3 aromatic carbocycles. The number of nitrogens with zero attached hydrogens (tertiary/aromatic N) is 3. The minimum absolute atomic E-state index is 0.113. The summed E-state index contributed by atoms with van der Waals surface area (Å²) in [7, 11) is 0. The summed E-state index contributed by atoms with van der Waals surface area (Å²) in [5.74, 6) is -1.88. The number of hydrogen-bond donors (Lipinski definition) is 4. The van der Waals surface area contributed by atoms with Gasteiger partial charge in [-0.3, -0.25) is 9.59 Å². The molecule has 11 heteroatoms. The summed E-state index contributed by atoms with van der Waals surface area (Å²) in [6, 6.07) is 25.8. The standard InChI is InChI=1S/C30H33N7O4/c31-28(38)26(16-9-18-33-30(32)35-37(40)41)36(19-17-23-20-34-25-15-8-7-14-24(23)25)29(39)27(21-10-3-1-4-11-21)22-12-5-2-6-13-22/h1-8,10-15,20,26-27,34H,9,16-19H2,(H2,31,38)(H3,32,33,35)/t26-/m0/s1. The van der Waals surface area contributed by atoms with Crippen LogP contribution in [0.25, 0.3) is 10.9 Å². The molecule has 0 bridgehead atoms. The molecule has 0 aliphatic rings. The number of rotatable bonds is 13. The van der Waals surface area contributed by atoms with E-state index in [-0.39, 0.29) is 31.4 Å². The van der Waals surface area contributed by atoms with Gasteiger partial charge >= 0.3 is 0 Å². The van der Waals surface area contributed by atoms with E-state index in [4.69, 9.17) is 11.5 Å². The number of para-hydroxylation sites is 1. The van der Waals surface area contributed by atoms with Crippen molar-refractivity contribution in [3.63, 3.8) is 0 Å². The number of carbonyl (C=O) groups is 2. The van der Waals surface area contributed by atoms with Crippen LogP contribution in [0.5, 0.6) is 0 Å². The van der Waals surface area contributed by atoms with Crippen molar-refractivity contribution >= 4 is 28.7 Å². The number of amides is 2. The van der Waals surface area contributed by atoms with Crippen molar-refractivity contribution in [2.75, 3.05) is 13.1 Å². The fourth-order valence-electron chi connectivity index (χ4n) is 5.00. The molecular formula is C30H33N7O4. The molecule has 41 heavy (non-hydrogen) atoms. The van der Waals surface area contributed by atoms with Gasteiger partial charge in [0.05, 0.1) is 5.92 Å². The number of nitrogens with two attached hydrogens (primary N) is 2. The average Bonchev–Trinajstić information content (AvgIpc) is 3.38. The third kappa shape index (κ3) is 7.47. The van der Waals surface area contributed by atoms with E-state index in [1.54, 1.807) is 10.3 Å². The molecule has 0 unspecified atom stereocenters. The topological polar surface area (TPSA) is 173 Å². The Kier molecular flexibility index (Phi) is 9.66. The average molecular weight is 556 g/mol. The van der Waals surface area contributed by atoms with E-state index in [0.717, 1.165) is 27.6 Å². The second kappa shape index (κ2) is 13.7. The normalized spacial score (nSPS) is 12.3. The predicted octanol–water partition coefficient (Wildman–Crippen LogP) is 3.10. The van der Waals surface area contributed by atoms with Crippen molar-refractivity contribution in [1.29, 1.82) is 0 Å². The van der Waals surface area contributed by atoms with Crippen LogP contribution in [0.3, 0.4) is 0 Å². The van der Waals surface area contributed by atoms with Gasteiger partial charge in [-0.05, 0) is 42.0 Å². The quantitative estimate of drug-likeness (QED) is 0.0648. The highest BCUT2D eigenvalue weighted by Gasteiger charge is 2.34. The van der Waals surface area contributed by atoms with Crippen LogP contribution in [0.4, 0.5) is 0 Å². The third-order valence-corrected chi connectivity index (χ3v) is 6.92. The molecule has 1 heterocycles. The van der Waals surface area contributed by atoms with Gasteiger partial charge in [-0.2, -0.15) is 0 Å². The van der Waals surface area contributed by atoms with Crippen LogP contribution in [0.1, 0.15) is 35.4 Å². The number of hydrazine groups is 1. The first-order valence-corrected chi connectivity index (χ1v) is 13.3. The van der Waals surface area contributed by atoms with Crippen LogP contribution in [-0.2, 0) is 16.0 Å². The number of primary amides is 1. The molecule has 4 rings (SSSR count). The summed E-state index contributed by atoms with van der Waals surface area (Å²) in [6.07, 6.45) is 2.94. The Bertz CT molecular complexity index is 1470. The number of guanidine groups is 1. The van der Waals surface area contributed by atoms with Gasteiger partial charge in [0.2, 0.25) is 11.8 Å². The van der Waals surface area contributed by atoms with Gasteiger partial charge in [0, 0.05) is 30.2 Å². The molecule has 1 atom stereocenters. The molecule has 11 nitrogen and oxygen atoms in total.